The molecule has 0 amide bonds. The summed E-state index contributed by atoms with van der Waals surface area (Å²) in [6, 6.07) is 0.128. The molecule has 1 unspecified atom stereocenters. The summed E-state index contributed by atoms with van der Waals surface area (Å²) in [7, 11) is -3.57. The van der Waals surface area contributed by atoms with Crippen molar-refractivity contribution in [2.45, 2.75) is 57.5 Å². The molecular weight excluding hydrogens is 278 g/mol. The van der Waals surface area contributed by atoms with E-state index < -0.39 is 10.0 Å². The summed E-state index contributed by atoms with van der Waals surface area (Å²) in [5, 5.41) is 7.10. The Kier molecular flexibility index (Phi) is 4.51. The molecule has 0 saturated carbocycles. The molecule has 1 saturated heterocycles. The lowest BCUT2D eigenvalue weighted by Gasteiger charge is -2.28. The molecular formula is C13H23N3O3S. The molecule has 1 aromatic rings. The van der Waals surface area contributed by atoms with Crippen LogP contribution in [0.2, 0.25) is 0 Å². The van der Waals surface area contributed by atoms with Gasteiger partial charge in [-0.3, -0.25) is 0 Å². The fourth-order valence-corrected chi connectivity index (χ4v) is 4.65. The molecule has 1 aromatic heterocycles. The fourth-order valence-electron chi connectivity index (χ4n) is 2.68. The fraction of sp³-hybridized carbons (Fsp3) is 0.769. The molecule has 1 aliphatic rings. The van der Waals surface area contributed by atoms with E-state index in [-0.39, 0.29) is 17.0 Å². The zero-order valence-electron chi connectivity index (χ0n) is 12.5. The Morgan fingerprint density at radius 1 is 1.45 bits per heavy atom. The zero-order valence-corrected chi connectivity index (χ0v) is 13.3. The molecule has 1 fully saturated rings. The van der Waals surface area contributed by atoms with Gasteiger partial charge >= 0.3 is 0 Å². The third kappa shape index (κ3) is 2.89. The predicted molar refractivity (Wildman–Crippen MR) is 76.0 cm³/mol. The van der Waals surface area contributed by atoms with Crippen LogP contribution < -0.4 is 5.32 Å². The van der Waals surface area contributed by atoms with E-state index in [1.54, 1.807) is 18.2 Å². The number of hydrogen-bond donors (Lipinski definition) is 1. The Morgan fingerprint density at radius 2 is 2.15 bits per heavy atom. The number of aryl methyl sites for hydroxylation is 2. The van der Waals surface area contributed by atoms with Crippen LogP contribution in [0.1, 0.15) is 38.1 Å². The highest BCUT2D eigenvalue weighted by Gasteiger charge is 2.34. The highest BCUT2D eigenvalue weighted by atomic mass is 32.2. The molecule has 1 aliphatic heterocycles. The van der Waals surface area contributed by atoms with Gasteiger partial charge in [0.05, 0.1) is 0 Å². The average molecular weight is 301 g/mol. The van der Waals surface area contributed by atoms with Gasteiger partial charge in [-0.25, -0.2) is 8.42 Å². The Labute approximate surface area is 120 Å². The van der Waals surface area contributed by atoms with Crippen molar-refractivity contribution in [3.8, 4) is 0 Å². The van der Waals surface area contributed by atoms with Crippen LogP contribution in [-0.4, -0.2) is 43.1 Å². The van der Waals surface area contributed by atoms with E-state index in [0.717, 1.165) is 19.4 Å². The van der Waals surface area contributed by atoms with Crippen molar-refractivity contribution in [3.63, 3.8) is 0 Å². The largest absolute Gasteiger partial charge is 0.360 e. The van der Waals surface area contributed by atoms with Crippen LogP contribution in [0.15, 0.2) is 9.42 Å². The maximum Gasteiger partial charge on any atom is 0.248 e. The van der Waals surface area contributed by atoms with E-state index in [9.17, 15) is 8.42 Å². The SMILES string of the molecule is Cc1noc(C)c1S(=O)(=O)N(CC1CCCN1)C(C)C. The van der Waals surface area contributed by atoms with Crippen LogP contribution in [0, 0.1) is 13.8 Å². The van der Waals surface area contributed by atoms with Crippen molar-refractivity contribution in [2.24, 2.45) is 0 Å². The van der Waals surface area contributed by atoms with Gasteiger partial charge in [-0.05, 0) is 47.1 Å². The van der Waals surface area contributed by atoms with E-state index in [0.29, 0.717) is 18.0 Å². The smallest absolute Gasteiger partial charge is 0.248 e. The number of hydrogen-bond acceptors (Lipinski definition) is 5. The summed E-state index contributed by atoms with van der Waals surface area (Å²) in [5.74, 6) is 0.354. The minimum atomic E-state index is -3.57. The van der Waals surface area contributed by atoms with Gasteiger partial charge in [-0.2, -0.15) is 4.31 Å². The number of sulfonamides is 1. The molecule has 1 N–H and O–H groups in total. The zero-order chi connectivity index (χ0) is 14.9. The van der Waals surface area contributed by atoms with Crippen molar-refractivity contribution in [2.75, 3.05) is 13.1 Å². The number of aromatic nitrogens is 1. The molecule has 0 bridgehead atoms. The van der Waals surface area contributed by atoms with E-state index in [1.807, 2.05) is 13.8 Å². The van der Waals surface area contributed by atoms with Gasteiger partial charge in [0.2, 0.25) is 10.0 Å². The maximum atomic E-state index is 12.9. The van der Waals surface area contributed by atoms with Crippen molar-refractivity contribution in [1.82, 2.24) is 14.8 Å². The second kappa shape index (κ2) is 5.83. The molecule has 114 valence electrons. The van der Waals surface area contributed by atoms with Gasteiger partial charge in [0.15, 0.2) is 5.76 Å². The van der Waals surface area contributed by atoms with Gasteiger partial charge in [0.25, 0.3) is 0 Å². The molecule has 6 nitrogen and oxygen atoms in total. The lowest BCUT2D eigenvalue weighted by Crippen LogP contribution is -2.44. The highest BCUT2D eigenvalue weighted by Crippen LogP contribution is 2.25. The Morgan fingerprint density at radius 3 is 2.60 bits per heavy atom. The second-order valence-electron chi connectivity index (χ2n) is 5.62. The first-order chi connectivity index (χ1) is 9.34. The van der Waals surface area contributed by atoms with Crippen molar-refractivity contribution >= 4 is 10.0 Å². The monoisotopic (exact) mass is 301 g/mol. The van der Waals surface area contributed by atoms with E-state index in [4.69, 9.17) is 4.52 Å². The van der Waals surface area contributed by atoms with E-state index in [2.05, 4.69) is 10.5 Å². The summed E-state index contributed by atoms with van der Waals surface area (Å²) >= 11 is 0. The van der Waals surface area contributed by atoms with Gasteiger partial charge in [-0.15, -0.1) is 0 Å². The van der Waals surface area contributed by atoms with Gasteiger partial charge < -0.3 is 9.84 Å². The highest BCUT2D eigenvalue weighted by molar-refractivity contribution is 7.89. The third-order valence-corrected chi connectivity index (χ3v) is 5.96. The van der Waals surface area contributed by atoms with Gasteiger partial charge in [-0.1, -0.05) is 5.16 Å². The van der Waals surface area contributed by atoms with Crippen LogP contribution >= 0.6 is 0 Å². The molecule has 0 aromatic carbocycles. The molecule has 2 rings (SSSR count). The van der Waals surface area contributed by atoms with Crippen LogP contribution in [0.3, 0.4) is 0 Å². The number of rotatable bonds is 5. The molecule has 7 heteroatoms. The first-order valence-electron chi connectivity index (χ1n) is 7.02. The predicted octanol–water partition coefficient (Wildman–Crippen LogP) is 1.44. The maximum absolute atomic E-state index is 12.9. The van der Waals surface area contributed by atoms with Crippen molar-refractivity contribution in [3.05, 3.63) is 11.5 Å². The first-order valence-corrected chi connectivity index (χ1v) is 8.46. The van der Waals surface area contributed by atoms with Crippen LogP contribution in [-0.2, 0) is 10.0 Å². The normalized spacial score (nSPS) is 20.2. The summed E-state index contributed by atoms with van der Waals surface area (Å²) in [5.41, 5.74) is 0.424. The molecule has 0 radical (unpaired) electrons. The Bertz CT molecular complexity index is 540. The number of nitrogens with one attached hydrogen (secondary N) is 1. The lowest BCUT2D eigenvalue weighted by molar-refractivity contribution is 0.321. The van der Waals surface area contributed by atoms with Gasteiger partial charge in [0, 0.05) is 18.6 Å². The number of nitrogens with zero attached hydrogens (tertiary/aromatic N) is 2. The van der Waals surface area contributed by atoms with Crippen molar-refractivity contribution < 1.29 is 12.9 Å². The minimum Gasteiger partial charge on any atom is -0.360 e. The Balaban J connectivity index is 2.32. The average Bonchev–Trinajstić information content (AvgIpc) is 2.95. The minimum absolute atomic E-state index is 0.101. The van der Waals surface area contributed by atoms with Gasteiger partial charge in [0.1, 0.15) is 10.6 Å². The lowest BCUT2D eigenvalue weighted by atomic mass is 10.2. The molecule has 0 spiro atoms. The van der Waals surface area contributed by atoms with E-state index in [1.165, 1.54) is 0 Å². The first kappa shape index (κ1) is 15.5. The van der Waals surface area contributed by atoms with Crippen molar-refractivity contribution in [1.29, 1.82) is 0 Å². The summed E-state index contributed by atoms with van der Waals surface area (Å²) < 4.78 is 32.3. The summed E-state index contributed by atoms with van der Waals surface area (Å²) in [6.45, 7) is 8.54. The third-order valence-electron chi connectivity index (χ3n) is 3.67. The second-order valence-corrected chi connectivity index (χ2v) is 7.44. The summed E-state index contributed by atoms with van der Waals surface area (Å²) in [6.07, 6.45) is 2.11. The van der Waals surface area contributed by atoms with E-state index >= 15 is 0 Å². The quantitative estimate of drug-likeness (QED) is 0.890. The van der Waals surface area contributed by atoms with Crippen LogP contribution in [0.5, 0.6) is 0 Å². The molecule has 20 heavy (non-hydrogen) atoms. The summed E-state index contributed by atoms with van der Waals surface area (Å²) in [4.78, 5) is 0.212. The van der Waals surface area contributed by atoms with Crippen LogP contribution in [0.25, 0.3) is 0 Å². The topological polar surface area (TPSA) is 75.4 Å². The van der Waals surface area contributed by atoms with Crippen LogP contribution in [0.4, 0.5) is 0 Å². The molecule has 2 heterocycles. The standard InChI is InChI=1S/C13H23N3O3S/c1-9(2)16(8-12-6-5-7-14-12)20(17,18)13-10(3)15-19-11(13)4/h9,12,14H,5-8H2,1-4H3. The molecule has 1 atom stereocenters. The molecule has 0 aliphatic carbocycles. The Hall–Kier alpha value is -0.920.